The van der Waals surface area contributed by atoms with Gasteiger partial charge in [0.25, 0.3) is 5.91 Å². The molecule has 4 aromatic heterocycles. The Bertz CT molecular complexity index is 1450. The lowest BCUT2D eigenvalue weighted by atomic mass is 10.1. The number of carbonyl (C=O) groups is 1. The van der Waals surface area contributed by atoms with Crippen molar-refractivity contribution in [2.45, 2.75) is 6.92 Å². The maximum Gasteiger partial charge on any atom is 0.274 e. The summed E-state index contributed by atoms with van der Waals surface area (Å²) < 4.78 is 0. The van der Waals surface area contributed by atoms with E-state index in [-0.39, 0.29) is 5.91 Å². The summed E-state index contributed by atoms with van der Waals surface area (Å²) in [4.78, 5) is 34.3. The van der Waals surface area contributed by atoms with Crippen LogP contribution in [0.2, 0.25) is 0 Å². The normalized spacial score (nSPS) is 10.7. The molecule has 33 heavy (non-hydrogen) atoms. The van der Waals surface area contributed by atoms with Gasteiger partial charge in [-0.25, -0.2) is 19.9 Å². The fourth-order valence-electron chi connectivity index (χ4n) is 3.33. The summed E-state index contributed by atoms with van der Waals surface area (Å²) >= 11 is 0. The molecule has 8 heteroatoms. The standard InChI is InChI=1S/C25H19N7O/c1-16-4-6-19(29-24(33)21-7-5-18-3-2-11-27-23(18)30-21)15-22(16)32-25-28-14-10-20(31-25)17-8-12-26-13-9-17/h2-15H,1H3,(H,29,33)(H,28,31,32). The minimum absolute atomic E-state index is 0.296. The van der Waals surface area contributed by atoms with Gasteiger partial charge in [-0.05, 0) is 67.1 Å². The van der Waals surface area contributed by atoms with Crippen LogP contribution in [0.1, 0.15) is 16.1 Å². The molecular formula is C25H19N7O. The molecule has 0 saturated carbocycles. The van der Waals surface area contributed by atoms with Crippen molar-refractivity contribution in [3.63, 3.8) is 0 Å². The summed E-state index contributed by atoms with van der Waals surface area (Å²) in [6.07, 6.45) is 6.80. The molecule has 1 amide bonds. The average molecular weight is 433 g/mol. The van der Waals surface area contributed by atoms with Crippen LogP contribution in [0.25, 0.3) is 22.3 Å². The number of carbonyl (C=O) groups excluding carboxylic acids is 1. The van der Waals surface area contributed by atoms with Gasteiger partial charge in [0.2, 0.25) is 5.95 Å². The summed E-state index contributed by atoms with van der Waals surface area (Å²) in [5.41, 5.74) is 4.96. The third-order valence-electron chi connectivity index (χ3n) is 5.07. The number of rotatable bonds is 5. The van der Waals surface area contributed by atoms with Crippen LogP contribution in [0.4, 0.5) is 17.3 Å². The van der Waals surface area contributed by atoms with Crippen molar-refractivity contribution in [3.8, 4) is 11.3 Å². The van der Waals surface area contributed by atoms with E-state index in [9.17, 15) is 4.79 Å². The number of nitrogens with zero attached hydrogens (tertiary/aromatic N) is 5. The highest BCUT2D eigenvalue weighted by Gasteiger charge is 2.11. The predicted molar refractivity (Wildman–Crippen MR) is 127 cm³/mol. The first-order valence-corrected chi connectivity index (χ1v) is 10.3. The fourth-order valence-corrected chi connectivity index (χ4v) is 3.33. The Balaban J connectivity index is 1.36. The monoisotopic (exact) mass is 433 g/mol. The van der Waals surface area contributed by atoms with E-state index in [1.807, 2.05) is 61.5 Å². The highest BCUT2D eigenvalue weighted by Crippen LogP contribution is 2.24. The van der Waals surface area contributed by atoms with Gasteiger partial charge >= 0.3 is 0 Å². The van der Waals surface area contributed by atoms with Crippen molar-refractivity contribution < 1.29 is 4.79 Å². The quantitative estimate of drug-likeness (QED) is 0.411. The second kappa shape index (κ2) is 8.80. The molecule has 5 rings (SSSR count). The maximum absolute atomic E-state index is 12.8. The van der Waals surface area contributed by atoms with Gasteiger partial charge in [-0.2, -0.15) is 0 Å². The van der Waals surface area contributed by atoms with Crippen LogP contribution in [0.3, 0.4) is 0 Å². The maximum atomic E-state index is 12.8. The summed E-state index contributed by atoms with van der Waals surface area (Å²) in [6, 6.07) is 18.5. The van der Waals surface area contributed by atoms with Gasteiger partial charge in [0, 0.05) is 47.1 Å². The van der Waals surface area contributed by atoms with E-state index >= 15 is 0 Å². The zero-order valence-electron chi connectivity index (χ0n) is 17.7. The van der Waals surface area contributed by atoms with Crippen LogP contribution in [-0.4, -0.2) is 30.8 Å². The number of nitrogens with one attached hydrogen (secondary N) is 2. The Morgan fingerprint density at radius 3 is 2.61 bits per heavy atom. The van der Waals surface area contributed by atoms with Crippen LogP contribution in [-0.2, 0) is 0 Å². The van der Waals surface area contributed by atoms with Gasteiger partial charge in [0.1, 0.15) is 5.69 Å². The number of fused-ring (bicyclic) bond motifs is 1. The van der Waals surface area contributed by atoms with E-state index < -0.39 is 0 Å². The molecule has 0 aliphatic carbocycles. The number of aromatic nitrogens is 5. The van der Waals surface area contributed by atoms with Crippen molar-refractivity contribution in [3.05, 3.63) is 96.7 Å². The van der Waals surface area contributed by atoms with E-state index in [0.717, 1.165) is 27.9 Å². The van der Waals surface area contributed by atoms with Crippen LogP contribution >= 0.6 is 0 Å². The van der Waals surface area contributed by atoms with Crippen LogP contribution < -0.4 is 10.6 Å². The lowest BCUT2D eigenvalue weighted by molar-refractivity contribution is 0.102. The number of hydrogen-bond acceptors (Lipinski definition) is 7. The second-order valence-electron chi connectivity index (χ2n) is 7.36. The molecule has 0 atom stereocenters. The van der Waals surface area contributed by atoms with Crippen molar-refractivity contribution in [1.82, 2.24) is 24.9 Å². The first kappa shape index (κ1) is 20.2. The molecule has 2 N–H and O–H groups in total. The number of anilines is 3. The molecule has 160 valence electrons. The van der Waals surface area contributed by atoms with Crippen LogP contribution in [0, 0.1) is 6.92 Å². The molecule has 1 aromatic carbocycles. The molecular weight excluding hydrogens is 414 g/mol. The van der Waals surface area contributed by atoms with Crippen LogP contribution in [0.5, 0.6) is 0 Å². The van der Waals surface area contributed by atoms with Gasteiger partial charge in [-0.1, -0.05) is 6.07 Å². The van der Waals surface area contributed by atoms with Crippen molar-refractivity contribution in [2.75, 3.05) is 10.6 Å². The third-order valence-corrected chi connectivity index (χ3v) is 5.07. The summed E-state index contributed by atoms with van der Waals surface area (Å²) in [6.45, 7) is 1.97. The number of pyridine rings is 3. The Morgan fingerprint density at radius 1 is 0.848 bits per heavy atom. The Labute approximate surface area is 189 Å². The zero-order chi connectivity index (χ0) is 22.6. The van der Waals surface area contributed by atoms with Gasteiger partial charge < -0.3 is 10.6 Å². The molecule has 4 heterocycles. The Kier molecular flexibility index (Phi) is 5.38. The molecule has 0 aliphatic heterocycles. The Morgan fingerprint density at radius 2 is 1.73 bits per heavy atom. The minimum Gasteiger partial charge on any atom is -0.324 e. The number of amides is 1. The lowest BCUT2D eigenvalue weighted by Gasteiger charge is -2.12. The SMILES string of the molecule is Cc1ccc(NC(=O)c2ccc3cccnc3n2)cc1Nc1nccc(-c2ccncc2)n1. The van der Waals surface area contributed by atoms with Gasteiger partial charge in [0.15, 0.2) is 5.65 Å². The second-order valence-corrected chi connectivity index (χ2v) is 7.36. The molecule has 0 saturated heterocycles. The molecule has 5 aromatic rings. The van der Waals surface area contributed by atoms with E-state index in [2.05, 4.69) is 35.6 Å². The molecule has 0 spiro atoms. The molecule has 0 radical (unpaired) electrons. The molecule has 0 unspecified atom stereocenters. The highest BCUT2D eigenvalue weighted by atomic mass is 16.1. The molecule has 0 fully saturated rings. The number of hydrogen-bond donors (Lipinski definition) is 2. The van der Waals surface area contributed by atoms with E-state index in [4.69, 9.17) is 0 Å². The highest BCUT2D eigenvalue weighted by molar-refractivity contribution is 6.04. The van der Waals surface area contributed by atoms with Crippen molar-refractivity contribution in [1.29, 1.82) is 0 Å². The third kappa shape index (κ3) is 4.49. The first-order valence-electron chi connectivity index (χ1n) is 10.3. The minimum atomic E-state index is -0.312. The van der Waals surface area contributed by atoms with Gasteiger partial charge in [-0.3, -0.25) is 9.78 Å². The number of benzene rings is 1. The fraction of sp³-hybridized carbons (Fsp3) is 0.0400. The summed E-state index contributed by atoms with van der Waals surface area (Å²) in [5.74, 6) is 0.145. The average Bonchev–Trinajstić information content (AvgIpc) is 2.86. The van der Waals surface area contributed by atoms with E-state index in [1.54, 1.807) is 30.9 Å². The molecule has 8 nitrogen and oxygen atoms in total. The lowest BCUT2D eigenvalue weighted by Crippen LogP contribution is -2.14. The number of aryl methyl sites for hydroxylation is 1. The first-order chi connectivity index (χ1) is 16.2. The van der Waals surface area contributed by atoms with Gasteiger partial charge in [0.05, 0.1) is 5.69 Å². The van der Waals surface area contributed by atoms with Crippen molar-refractivity contribution >= 4 is 34.3 Å². The Hall–Kier alpha value is -4.72. The molecule has 0 bridgehead atoms. The van der Waals surface area contributed by atoms with E-state index in [0.29, 0.717) is 23.0 Å². The van der Waals surface area contributed by atoms with Crippen LogP contribution in [0.15, 0.2) is 85.5 Å². The smallest absolute Gasteiger partial charge is 0.274 e. The zero-order valence-corrected chi connectivity index (χ0v) is 17.7. The summed E-state index contributed by atoms with van der Waals surface area (Å²) in [5, 5.41) is 7.02. The largest absolute Gasteiger partial charge is 0.324 e. The summed E-state index contributed by atoms with van der Waals surface area (Å²) in [7, 11) is 0. The van der Waals surface area contributed by atoms with Gasteiger partial charge in [-0.15, -0.1) is 0 Å². The predicted octanol–water partition coefficient (Wildman–Crippen LogP) is 4.79. The molecule has 0 aliphatic rings. The van der Waals surface area contributed by atoms with Crippen molar-refractivity contribution in [2.24, 2.45) is 0 Å². The topological polar surface area (TPSA) is 106 Å². The van der Waals surface area contributed by atoms with E-state index in [1.165, 1.54) is 0 Å².